The number of likely N-dealkylation sites (tertiary alicyclic amines) is 1. The van der Waals surface area contributed by atoms with Gasteiger partial charge >= 0.3 is 0 Å². The first-order chi connectivity index (χ1) is 11.4. The predicted molar refractivity (Wildman–Crippen MR) is 85.4 cm³/mol. The number of halogens is 2. The van der Waals surface area contributed by atoms with Gasteiger partial charge in [0.1, 0.15) is 11.6 Å². The molecule has 2 heterocycles. The molecule has 0 aliphatic carbocycles. The zero-order valence-electron chi connectivity index (χ0n) is 13.9. The Labute approximate surface area is 139 Å². The number of benzene rings is 1. The Bertz CT molecular complexity index is 719. The molecule has 0 spiro atoms. The van der Waals surface area contributed by atoms with Gasteiger partial charge in [-0.25, -0.2) is 18.4 Å². The van der Waals surface area contributed by atoms with Gasteiger partial charge in [-0.15, -0.1) is 0 Å². The third kappa shape index (κ3) is 3.62. The molecule has 1 fully saturated rings. The largest absolute Gasteiger partial charge is 0.387 e. The lowest BCUT2D eigenvalue weighted by atomic mass is 10.1. The van der Waals surface area contributed by atoms with Crippen molar-refractivity contribution < 1.29 is 13.9 Å². The molecule has 0 unspecified atom stereocenters. The molecule has 2 atom stereocenters. The van der Waals surface area contributed by atoms with E-state index < -0.39 is 17.7 Å². The summed E-state index contributed by atoms with van der Waals surface area (Å²) in [6.07, 6.45) is 1.21. The van der Waals surface area contributed by atoms with Crippen LogP contribution in [-0.4, -0.2) is 43.9 Å². The summed E-state index contributed by atoms with van der Waals surface area (Å²) in [4.78, 5) is 6.49. The molecule has 1 aliphatic heterocycles. The zero-order chi connectivity index (χ0) is 17.3. The number of hydrogen-bond donors (Lipinski definition) is 1. The minimum atomic E-state index is -0.932. The second-order valence-corrected chi connectivity index (χ2v) is 6.37. The quantitative estimate of drug-likeness (QED) is 0.911. The maximum Gasteiger partial charge on any atom is 0.159 e. The number of hydrogen-bond acceptors (Lipinski definition) is 4. The van der Waals surface area contributed by atoms with Gasteiger partial charge < -0.3 is 5.11 Å². The van der Waals surface area contributed by atoms with Gasteiger partial charge in [0.2, 0.25) is 0 Å². The molecular weight excluding hydrogens is 314 g/mol. The molecule has 1 aromatic heterocycles. The average molecular weight is 336 g/mol. The highest BCUT2D eigenvalue weighted by molar-refractivity contribution is 5.20. The first kappa shape index (κ1) is 17.0. The first-order valence-corrected chi connectivity index (χ1v) is 8.19. The Hall–Kier alpha value is -1.86. The average Bonchev–Trinajstić information content (AvgIpc) is 3.09. The van der Waals surface area contributed by atoms with E-state index in [1.54, 1.807) is 0 Å². The van der Waals surface area contributed by atoms with Crippen molar-refractivity contribution in [2.75, 3.05) is 13.1 Å². The van der Waals surface area contributed by atoms with Crippen LogP contribution in [0.1, 0.15) is 36.2 Å². The van der Waals surface area contributed by atoms with Crippen molar-refractivity contribution in [3.63, 3.8) is 0 Å². The van der Waals surface area contributed by atoms with Crippen LogP contribution in [0.4, 0.5) is 8.78 Å². The molecule has 3 rings (SSSR count). The van der Waals surface area contributed by atoms with E-state index in [1.165, 1.54) is 6.07 Å². The zero-order valence-corrected chi connectivity index (χ0v) is 13.9. The van der Waals surface area contributed by atoms with Crippen LogP contribution in [0.25, 0.3) is 0 Å². The summed E-state index contributed by atoms with van der Waals surface area (Å²) in [5, 5.41) is 14.8. The number of aliphatic hydroxyl groups excluding tert-OH is 1. The molecule has 5 nitrogen and oxygen atoms in total. The van der Waals surface area contributed by atoms with E-state index in [0.717, 1.165) is 49.7 Å². The summed E-state index contributed by atoms with van der Waals surface area (Å²) in [7, 11) is 0. The summed E-state index contributed by atoms with van der Waals surface area (Å²) >= 11 is 0. The van der Waals surface area contributed by atoms with Crippen LogP contribution in [0.3, 0.4) is 0 Å². The van der Waals surface area contributed by atoms with Crippen LogP contribution in [-0.2, 0) is 6.54 Å². The second-order valence-electron chi connectivity index (χ2n) is 6.37. The Kier molecular flexibility index (Phi) is 4.91. The van der Waals surface area contributed by atoms with Crippen LogP contribution in [0.5, 0.6) is 0 Å². The van der Waals surface area contributed by atoms with Crippen molar-refractivity contribution in [1.82, 2.24) is 19.7 Å². The molecule has 1 aromatic carbocycles. The van der Waals surface area contributed by atoms with Crippen LogP contribution in [0.2, 0.25) is 0 Å². The molecule has 130 valence electrons. The van der Waals surface area contributed by atoms with Gasteiger partial charge in [-0.2, -0.15) is 5.10 Å². The maximum absolute atomic E-state index is 13.3. The lowest BCUT2D eigenvalue weighted by molar-refractivity contribution is 0.0998. The molecule has 24 heavy (non-hydrogen) atoms. The van der Waals surface area contributed by atoms with Gasteiger partial charge in [-0.1, -0.05) is 6.07 Å². The Morgan fingerprint density at radius 3 is 2.75 bits per heavy atom. The highest BCUT2D eigenvalue weighted by Crippen LogP contribution is 2.24. The van der Waals surface area contributed by atoms with E-state index in [0.29, 0.717) is 12.1 Å². The molecule has 0 radical (unpaired) electrons. The third-order valence-corrected chi connectivity index (χ3v) is 4.58. The summed E-state index contributed by atoms with van der Waals surface area (Å²) < 4.78 is 28.3. The van der Waals surface area contributed by atoms with Crippen LogP contribution in [0, 0.1) is 25.5 Å². The summed E-state index contributed by atoms with van der Waals surface area (Å²) in [6, 6.07) is 3.80. The number of rotatable bonds is 5. The number of aliphatic hydroxyl groups is 1. The summed E-state index contributed by atoms with van der Waals surface area (Å²) in [5.41, 5.74) is 0.396. The molecule has 1 saturated heterocycles. The minimum absolute atomic E-state index is 0.254. The van der Waals surface area contributed by atoms with Crippen molar-refractivity contribution in [3.8, 4) is 0 Å². The highest BCUT2D eigenvalue weighted by atomic mass is 19.2. The topological polar surface area (TPSA) is 54.2 Å². The monoisotopic (exact) mass is 336 g/mol. The molecule has 7 heteroatoms. The van der Waals surface area contributed by atoms with Crippen molar-refractivity contribution in [1.29, 1.82) is 0 Å². The minimum Gasteiger partial charge on any atom is -0.387 e. The molecule has 0 bridgehead atoms. The van der Waals surface area contributed by atoms with Gasteiger partial charge in [0, 0.05) is 12.6 Å². The number of β-amino-alcohol motifs (C(OH)–C–C–N with tert-alkyl or cyclic N) is 1. The van der Waals surface area contributed by atoms with E-state index >= 15 is 0 Å². The van der Waals surface area contributed by atoms with Gasteiger partial charge in [0.05, 0.1) is 12.6 Å². The van der Waals surface area contributed by atoms with Crippen LogP contribution >= 0.6 is 0 Å². The van der Waals surface area contributed by atoms with Crippen molar-refractivity contribution in [3.05, 3.63) is 47.0 Å². The SMILES string of the molecule is Cc1nc(C)n(C[C@@H]2CCCN2C[C@@H](O)c2ccc(F)c(F)c2)n1. The fourth-order valence-corrected chi connectivity index (χ4v) is 3.32. The first-order valence-electron chi connectivity index (χ1n) is 8.19. The Morgan fingerprint density at radius 1 is 1.29 bits per heavy atom. The number of nitrogens with zero attached hydrogens (tertiary/aromatic N) is 4. The van der Waals surface area contributed by atoms with E-state index in [9.17, 15) is 13.9 Å². The smallest absolute Gasteiger partial charge is 0.159 e. The summed E-state index contributed by atoms with van der Waals surface area (Å²) in [6.45, 7) is 5.77. The molecule has 0 amide bonds. The molecular formula is C17H22F2N4O. The fraction of sp³-hybridized carbons (Fsp3) is 0.529. The number of aromatic nitrogens is 3. The van der Waals surface area contributed by atoms with Crippen molar-refractivity contribution in [2.24, 2.45) is 0 Å². The maximum atomic E-state index is 13.3. The van der Waals surface area contributed by atoms with Crippen molar-refractivity contribution in [2.45, 2.75) is 45.4 Å². The molecule has 0 saturated carbocycles. The fourth-order valence-electron chi connectivity index (χ4n) is 3.32. The van der Waals surface area contributed by atoms with E-state index in [2.05, 4.69) is 15.0 Å². The van der Waals surface area contributed by atoms with Gasteiger partial charge in [0.15, 0.2) is 11.6 Å². The third-order valence-electron chi connectivity index (χ3n) is 4.58. The van der Waals surface area contributed by atoms with E-state index in [4.69, 9.17) is 0 Å². The lowest BCUT2D eigenvalue weighted by Gasteiger charge is -2.27. The van der Waals surface area contributed by atoms with Gasteiger partial charge in [0.25, 0.3) is 0 Å². The Morgan fingerprint density at radius 2 is 2.08 bits per heavy atom. The standard InChI is InChI=1S/C17H22F2N4O/c1-11-20-12(2)23(21-11)9-14-4-3-7-22(14)10-17(24)13-5-6-15(18)16(19)8-13/h5-6,8,14,17,24H,3-4,7,9-10H2,1-2H3/t14-,17+/m0/s1. The van der Waals surface area contributed by atoms with E-state index in [-0.39, 0.29) is 6.04 Å². The molecule has 2 aromatic rings. The highest BCUT2D eigenvalue weighted by Gasteiger charge is 2.28. The lowest BCUT2D eigenvalue weighted by Crippen LogP contribution is -2.36. The second kappa shape index (κ2) is 6.94. The molecule has 1 N–H and O–H groups in total. The van der Waals surface area contributed by atoms with Crippen LogP contribution < -0.4 is 0 Å². The molecule has 1 aliphatic rings. The van der Waals surface area contributed by atoms with Crippen molar-refractivity contribution >= 4 is 0 Å². The number of aryl methyl sites for hydroxylation is 2. The van der Waals surface area contributed by atoms with Gasteiger partial charge in [-0.05, 0) is 50.9 Å². The summed E-state index contributed by atoms with van der Waals surface area (Å²) in [5.74, 6) is -0.209. The Balaban J connectivity index is 1.66. The van der Waals surface area contributed by atoms with Gasteiger partial charge in [-0.3, -0.25) is 4.90 Å². The predicted octanol–water partition coefficient (Wildman–Crippen LogP) is 2.37. The van der Waals surface area contributed by atoms with Crippen LogP contribution in [0.15, 0.2) is 18.2 Å². The van der Waals surface area contributed by atoms with E-state index in [1.807, 2.05) is 18.5 Å². The normalized spacial score (nSPS) is 19.8.